The number of nitro groups is 1. The molecule has 0 aliphatic heterocycles. The van der Waals surface area contributed by atoms with Crippen LogP contribution in [0.3, 0.4) is 0 Å². The van der Waals surface area contributed by atoms with Gasteiger partial charge in [0.25, 0.3) is 21.6 Å². The normalized spacial score (nSPS) is 12.6. The zero-order valence-corrected chi connectivity index (χ0v) is 20.4. The highest BCUT2D eigenvalue weighted by Gasteiger charge is 2.31. The molecular weight excluding hydrogens is 492 g/mol. The number of hydrogen-bond acceptors (Lipinski definition) is 6. The molecule has 1 aliphatic carbocycles. The molecule has 4 aromatic carbocycles. The smallest absolute Gasteiger partial charge is 0.271 e. The van der Waals surface area contributed by atoms with E-state index in [1.807, 2.05) is 24.3 Å². The fourth-order valence-electron chi connectivity index (χ4n) is 4.57. The van der Waals surface area contributed by atoms with Gasteiger partial charge < -0.3 is 0 Å². The van der Waals surface area contributed by atoms with Crippen LogP contribution in [-0.4, -0.2) is 32.0 Å². The van der Waals surface area contributed by atoms with Crippen molar-refractivity contribution in [1.29, 1.82) is 0 Å². The van der Waals surface area contributed by atoms with Gasteiger partial charge in [-0.1, -0.05) is 60.7 Å². The van der Waals surface area contributed by atoms with Gasteiger partial charge in [-0.25, -0.2) is 18.1 Å². The van der Waals surface area contributed by atoms with E-state index < -0.39 is 33.1 Å². The number of hydrogen-bond donors (Lipinski definition) is 1. The highest BCUT2D eigenvalue weighted by molar-refractivity contribution is 7.92. The number of hydrazone groups is 1. The lowest BCUT2D eigenvalue weighted by Gasteiger charge is -2.23. The molecular formula is C27H22N4O5S. The molecule has 0 saturated heterocycles. The molecule has 9 nitrogen and oxygen atoms in total. The lowest BCUT2D eigenvalue weighted by Crippen LogP contribution is -2.39. The topological polar surface area (TPSA) is 122 Å². The summed E-state index contributed by atoms with van der Waals surface area (Å²) in [5.74, 6) is -0.750. The van der Waals surface area contributed by atoms with E-state index >= 15 is 0 Å². The first kappa shape index (κ1) is 24.1. The second kappa shape index (κ2) is 9.82. The third kappa shape index (κ3) is 4.66. The molecule has 0 fully saturated rings. The molecule has 186 valence electrons. The summed E-state index contributed by atoms with van der Waals surface area (Å²) in [6, 6.07) is 22.9. The molecule has 0 unspecified atom stereocenters. The molecule has 0 aromatic heterocycles. The van der Waals surface area contributed by atoms with Gasteiger partial charge in [0.1, 0.15) is 12.2 Å². The van der Waals surface area contributed by atoms with Crippen molar-refractivity contribution >= 4 is 44.3 Å². The monoisotopic (exact) mass is 514 g/mol. The number of aryl methyl sites for hydroxylation is 2. The quantitative estimate of drug-likeness (QED) is 0.215. The summed E-state index contributed by atoms with van der Waals surface area (Å²) in [5.41, 5.74) is 5.08. The van der Waals surface area contributed by atoms with E-state index in [1.165, 1.54) is 71.3 Å². The molecule has 0 radical (unpaired) electrons. The molecule has 0 atom stereocenters. The summed E-state index contributed by atoms with van der Waals surface area (Å²) in [5, 5.41) is 17.9. The summed E-state index contributed by atoms with van der Waals surface area (Å²) >= 11 is 0. The number of carbonyl (C=O) groups excluding carboxylic acids is 1. The van der Waals surface area contributed by atoms with E-state index in [0.717, 1.165) is 28.1 Å². The Hall–Kier alpha value is -4.57. The van der Waals surface area contributed by atoms with E-state index in [-0.39, 0.29) is 10.6 Å². The molecule has 1 amide bonds. The Labute approximate surface area is 213 Å². The van der Waals surface area contributed by atoms with E-state index in [9.17, 15) is 23.3 Å². The number of benzene rings is 4. The minimum absolute atomic E-state index is 0.0997. The summed E-state index contributed by atoms with van der Waals surface area (Å²) in [7, 11) is -4.30. The zero-order valence-electron chi connectivity index (χ0n) is 19.6. The number of carbonyl (C=O) groups is 1. The Kier molecular flexibility index (Phi) is 6.41. The number of amides is 1. The summed E-state index contributed by atoms with van der Waals surface area (Å²) < 4.78 is 27.6. The van der Waals surface area contributed by atoms with Crippen LogP contribution < -0.4 is 9.73 Å². The molecule has 10 heteroatoms. The highest BCUT2D eigenvalue weighted by atomic mass is 32.2. The first-order valence-electron chi connectivity index (χ1n) is 11.5. The van der Waals surface area contributed by atoms with Gasteiger partial charge in [-0.05, 0) is 52.9 Å². The maximum Gasteiger partial charge on any atom is 0.293 e. The minimum Gasteiger partial charge on any atom is -0.271 e. The summed E-state index contributed by atoms with van der Waals surface area (Å²) in [4.78, 5) is 23.7. The third-order valence-electron chi connectivity index (χ3n) is 6.27. The molecule has 4 aromatic rings. The van der Waals surface area contributed by atoms with Crippen LogP contribution in [0.15, 0.2) is 94.9 Å². The van der Waals surface area contributed by atoms with E-state index in [0.29, 0.717) is 0 Å². The highest BCUT2D eigenvalue weighted by Crippen LogP contribution is 2.33. The van der Waals surface area contributed by atoms with Gasteiger partial charge in [0.2, 0.25) is 0 Å². The van der Waals surface area contributed by atoms with E-state index in [2.05, 4.69) is 16.6 Å². The van der Waals surface area contributed by atoms with Gasteiger partial charge in [0, 0.05) is 11.6 Å². The Morgan fingerprint density at radius 2 is 1.65 bits per heavy atom. The summed E-state index contributed by atoms with van der Waals surface area (Å²) in [6.45, 7) is -0.705. The van der Waals surface area contributed by atoms with Gasteiger partial charge in [0.15, 0.2) is 0 Å². The predicted octanol–water partition coefficient (Wildman–Crippen LogP) is 4.19. The van der Waals surface area contributed by atoms with Crippen LogP contribution in [0.2, 0.25) is 0 Å². The van der Waals surface area contributed by atoms with Crippen molar-refractivity contribution in [2.45, 2.75) is 17.7 Å². The number of nitro benzene ring substituents is 1. The Morgan fingerprint density at radius 3 is 2.41 bits per heavy atom. The van der Waals surface area contributed by atoms with Crippen LogP contribution in [-0.2, 0) is 27.7 Å². The number of sulfonamides is 1. The number of para-hydroxylation sites is 2. The Bertz CT molecular complexity index is 1640. The first-order chi connectivity index (χ1) is 17.9. The van der Waals surface area contributed by atoms with Crippen molar-refractivity contribution in [3.63, 3.8) is 0 Å². The lowest BCUT2D eigenvalue weighted by atomic mass is 10.0. The van der Waals surface area contributed by atoms with Crippen LogP contribution >= 0.6 is 0 Å². The predicted molar refractivity (Wildman–Crippen MR) is 141 cm³/mol. The molecule has 0 bridgehead atoms. The maximum absolute atomic E-state index is 13.4. The molecule has 1 N–H and O–H groups in total. The van der Waals surface area contributed by atoms with Crippen molar-refractivity contribution in [2.24, 2.45) is 5.10 Å². The fraction of sp³-hybridized carbons (Fsp3) is 0.111. The van der Waals surface area contributed by atoms with Crippen molar-refractivity contribution in [3.05, 3.63) is 112 Å². The van der Waals surface area contributed by atoms with Gasteiger partial charge in [-0.3, -0.25) is 14.9 Å². The van der Waals surface area contributed by atoms with Crippen molar-refractivity contribution < 1.29 is 18.1 Å². The van der Waals surface area contributed by atoms with Crippen LogP contribution in [0, 0.1) is 10.1 Å². The summed E-state index contributed by atoms with van der Waals surface area (Å²) in [6.07, 6.45) is 3.49. The van der Waals surface area contributed by atoms with Crippen molar-refractivity contribution in [3.8, 4) is 0 Å². The van der Waals surface area contributed by atoms with Crippen LogP contribution in [0.25, 0.3) is 10.8 Å². The van der Waals surface area contributed by atoms with Crippen molar-refractivity contribution in [1.82, 2.24) is 5.43 Å². The second-order valence-corrected chi connectivity index (χ2v) is 10.4. The number of rotatable bonds is 8. The van der Waals surface area contributed by atoms with Gasteiger partial charge >= 0.3 is 0 Å². The first-order valence-corrected chi connectivity index (χ1v) is 13.0. The van der Waals surface area contributed by atoms with Crippen LogP contribution in [0.4, 0.5) is 11.4 Å². The molecule has 0 saturated carbocycles. The van der Waals surface area contributed by atoms with Crippen molar-refractivity contribution in [2.75, 3.05) is 10.8 Å². The average molecular weight is 515 g/mol. The Balaban J connectivity index is 1.43. The number of nitrogens with zero attached hydrogens (tertiary/aromatic N) is 3. The molecule has 0 heterocycles. The average Bonchev–Trinajstić information content (AvgIpc) is 3.33. The van der Waals surface area contributed by atoms with Crippen LogP contribution in [0.5, 0.6) is 0 Å². The number of anilines is 1. The van der Waals surface area contributed by atoms with Gasteiger partial charge in [-0.15, -0.1) is 0 Å². The SMILES string of the molecule is O=C(CN(c1ccccc1[N+](=O)[O-])S(=O)(=O)c1ccccc1)N/N=C\c1ccc2c3c(cccc13)CC2. The lowest BCUT2D eigenvalue weighted by molar-refractivity contribution is -0.384. The molecule has 37 heavy (non-hydrogen) atoms. The largest absolute Gasteiger partial charge is 0.293 e. The third-order valence-corrected chi connectivity index (χ3v) is 8.04. The fourth-order valence-corrected chi connectivity index (χ4v) is 6.03. The molecule has 1 aliphatic rings. The van der Waals surface area contributed by atoms with Gasteiger partial charge in [0.05, 0.1) is 16.0 Å². The van der Waals surface area contributed by atoms with Gasteiger partial charge in [-0.2, -0.15) is 5.10 Å². The Morgan fingerprint density at radius 1 is 0.946 bits per heavy atom. The maximum atomic E-state index is 13.4. The molecule has 5 rings (SSSR count). The minimum atomic E-state index is -4.30. The second-order valence-electron chi connectivity index (χ2n) is 8.52. The number of nitrogens with one attached hydrogen (secondary N) is 1. The zero-order chi connectivity index (χ0) is 26.0. The standard InChI is InChI=1S/C27H22N4O5S/c32-26(29-28-17-21-16-15-20-14-13-19-7-6-10-23(21)27(19)20)18-30(24-11-4-5-12-25(24)31(33)34)37(35,36)22-8-2-1-3-9-22/h1-12,15-17H,13-14,18H2,(H,29,32)/b28-17-. The van der Waals surface area contributed by atoms with Crippen LogP contribution in [0.1, 0.15) is 16.7 Å². The van der Waals surface area contributed by atoms with E-state index in [4.69, 9.17) is 0 Å². The van der Waals surface area contributed by atoms with E-state index in [1.54, 1.807) is 6.07 Å². The molecule has 0 spiro atoms.